The number of esters is 1. The maximum atomic E-state index is 14.7. The van der Waals surface area contributed by atoms with E-state index < -0.39 is 23.2 Å². The van der Waals surface area contributed by atoms with Crippen molar-refractivity contribution in [3.63, 3.8) is 0 Å². The van der Waals surface area contributed by atoms with Crippen LogP contribution in [0.2, 0.25) is 0 Å². The van der Waals surface area contributed by atoms with Crippen molar-refractivity contribution in [1.82, 2.24) is 9.97 Å². The maximum absolute atomic E-state index is 14.7. The number of carbonyl (C=O) groups excluding carboxylic acids is 1. The number of allylic oxidation sites excluding steroid dienone is 1. The van der Waals surface area contributed by atoms with Gasteiger partial charge in [-0.15, -0.1) is 0 Å². The monoisotopic (exact) mass is 535 g/mol. The summed E-state index contributed by atoms with van der Waals surface area (Å²) in [6.07, 6.45) is 23.1. The van der Waals surface area contributed by atoms with Gasteiger partial charge in [-0.2, -0.15) is 5.26 Å². The van der Waals surface area contributed by atoms with Gasteiger partial charge in [-0.25, -0.2) is 23.5 Å². The number of rotatable bonds is 10. The predicted octanol–water partition coefficient (Wildman–Crippen LogP) is 8.44. The molecule has 0 spiro atoms. The third-order valence-electron chi connectivity index (χ3n) is 8.61. The summed E-state index contributed by atoms with van der Waals surface area (Å²) in [6.45, 7) is 2.27. The molecule has 1 aromatic heterocycles. The molecule has 208 valence electrons. The van der Waals surface area contributed by atoms with Crippen LogP contribution < -0.4 is 4.74 Å². The normalized spacial score (nSPS) is 23.4. The van der Waals surface area contributed by atoms with Gasteiger partial charge in [0.2, 0.25) is 5.82 Å². The summed E-state index contributed by atoms with van der Waals surface area (Å²) in [4.78, 5) is 19.7. The van der Waals surface area contributed by atoms with Crippen molar-refractivity contribution in [2.75, 3.05) is 0 Å². The highest BCUT2D eigenvalue weighted by Crippen LogP contribution is 2.42. The van der Waals surface area contributed by atoms with Crippen molar-refractivity contribution < 1.29 is 18.3 Å². The van der Waals surface area contributed by atoms with Gasteiger partial charge in [0.15, 0.2) is 5.75 Å². The summed E-state index contributed by atoms with van der Waals surface area (Å²) in [5.74, 6) is -0.332. The van der Waals surface area contributed by atoms with Gasteiger partial charge < -0.3 is 4.74 Å². The van der Waals surface area contributed by atoms with Gasteiger partial charge in [0.25, 0.3) is 0 Å². The first-order chi connectivity index (χ1) is 19.0. The van der Waals surface area contributed by atoms with E-state index in [1.165, 1.54) is 70.6 Å². The number of benzene rings is 1. The van der Waals surface area contributed by atoms with Crippen molar-refractivity contribution >= 4 is 12.0 Å². The van der Waals surface area contributed by atoms with Crippen LogP contribution in [0.1, 0.15) is 112 Å². The third-order valence-corrected chi connectivity index (χ3v) is 8.61. The molecule has 2 aromatic rings. The molecule has 1 aromatic carbocycles. The molecule has 7 heteroatoms. The molecule has 0 bridgehead atoms. The fourth-order valence-electron chi connectivity index (χ4n) is 6.33. The number of carbonyl (C=O) groups is 1. The Hall–Kier alpha value is -3.14. The molecule has 2 aliphatic carbocycles. The Kier molecular flexibility index (Phi) is 10.6. The van der Waals surface area contributed by atoms with Crippen LogP contribution in [0.15, 0.2) is 30.6 Å². The lowest BCUT2D eigenvalue weighted by Crippen LogP contribution is -2.25. The van der Waals surface area contributed by atoms with Crippen molar-refractivity contribution in [3.05, 3.63) is 59.2 Å². The highest BCUT2D eigenvalue weighted by atomic mass is 19.1. The lowest BCUT2D eigenvalue weighted by Gasteiger charge is -2.37. The van der Waals surface area contributed by atoms with Crippen molar-refractivity contribution in [1.29, 1.82) is 5.26 Å². The van der Waals surface area contributed by atoms with Crippen LogP contribution in [0.3, 0.4) is 0 Å². The van der Waals surface area contributed by atoms with Crippen LogP contribution in [0.5, 0.6) is 5.75 Å². The topological polar surface area (TPSA) is 75.9 Å². The van der Waals surface area contributed by atoms with Crippen molar-refractivity contribution in [3.8, 4) is 11.8 Å². The predicted molar refractivity (Wildman–Crippen MR) is 147 cm³/mol. The molecular formula is C32H39F2N3O2. The Morgan fingerprint density at radius 2 is 1.59 bits per heavy atom. The van der Waals surface area contributed by atoms with Gasteiger partial charge in [0, 0.05) is 0 Å². The Morgan fingerprint density at radius 3 is 2.18 bits per heavy atom. The van der Waals surface area contributed by atoms with Crippen LogP contribution in [0.4, 0.5) is 8.78 Å². The fourth-order valence-corrected chi connectivity index (χ4v) is 6.33. The van der Waals surface area contributed by atoms with E-state index in [1.807, 2.05) is 0 Å². The molecule has 0 N–H and O–H groups in total. The van der Waals surface area contributed by atoms with E-state index in [4.69, 9.17) is 10.00 Å². The molecule has 0 saturated heterocycles. The van der Waals surface area contributed by atoms with Crippen molar-refractivity contribution in [2.45, 2.75) is 90.4 Å². The van der Waals surface area contributed by atoms with E-state index >= 15 is 0 Å². The third kappa shape index (κ3) is 8.17. The minimum Gasteiger partial charge on any atom is -0.419 e. The zero-order valence-corrected chi connectivity index (χ0v) is 22.9. The molecule has 0 atom stereocenters. The molecule has 4 rings (SSSR count). The quantitative estimate of drug-likeness (QED) is 0.225. The molecule has 0 radical (unpaired) electrons. The number of hydrogen-bond donors (Lipinski definition) is 0. The van der Waals surface area contributed by atoms with Crippen molar-refractivity contribution in [2.24, 2.45) is 23.7 Å². The van der Waals surface area contributed by atoms with Gasteiger partial charge >= 0.3 is 5.97 Å². The number of ether oxygens (including phenoxy) is 1. The van der Waals surface area contributed by atoms with E-state index in [0.717, 1.165) is 55.1 Å². The summed E-state index contributed by atoms with van der Waals surface area (Å²) in [6, 6.07) is 4.04. The highest BCUT2D eigenvalue weighted by Gasteiger charge is 2.30. The molecule has 2 saturated carbocycles. The summed E-state index contributed by atoms with van der Waals surface area (Å²) in [7, 11) is 0. The summed E-state index contributed by atoms with van der Waals surface area (Å²) < 4.78 is 34.4. The molecule has 2 aliphatic rings. The van der Waals surface area contributed by atoms with E-state index in [9.17, 15) is 13.6 Å². The number of nitrogens with zero attached hydrogens (tertiary/aromatic N) is 3. The Balaban J connectivity index is 1.24. The Bertz CT molecular complexity index is 1140. The second kappa shape index (κ2) is 14.3. The van der Waals surface area contributed by atoms with Gasteiger partial charge in [-0.3, -0.25) is 0 Å². The Labute approximate surface area is 230 Å². The van der Waals surface area contributed by atoms with Crippen LogP contribution in [0, 0.1) is 46.6 Å². The molecule has 0 unspecified atom stereocenters. The van der Waals surface area contributed by atoms with Crippen LogP contribution in [-0.2, 0) is 0 Å². The number of unbranched alkanes of at least 4 members (excludes halogenated alkanes) is 3. The van der Waals surface area contributed by atoms with E-state index in [2.05, 4.69) is 23.0 Å². The van der Waals surface area contributed by atoms with Crippen LogP contribution in [-0.4, -0.2) is 15.9 Å². The Morgan fingerprint density at radius 1 is 0.974 bits per heavy atom. The van der Waals surface area contributed by atoms with Gasteiger partial charge in [0.1, 0.15) is 23.3 Å². The first-order valence-corrected chi connectivity index (χ1v) is 14.6. The number of nitriles is 1. The fraction of sp³-hybridized carbons (Fsp3) is 0.562. The maximum Gasteiger partial charge on any atom is 0.349 e. The molecule has 1 heterocycles. The van der Waals surface area contributed by atoms with Gasteiger partial charge in [0.05, 0.1) is 12.4 Å². The number of halogens is 2. The zero-order valence-electron chi connectivity index (χ0n) is 22.9. The standard InChI is InChI=1S/C32H39F2N3O2/c1-2-3-4-5-6-22-9-13-25(14-10-22)26-15-11-23(12-16-26)7-8-24-17-28(33)31(29(34)18-24)32(38)39-27-20-36-30(19-35)37-21-27/h7-8,17-18,20-23,25-26H,2-6,9-16H2,1H3. The average Bonchev–Trinajstić information content (AvgIpc) is 2.95. The molecule has 2 fully saturated rings. The van der Waals surface area contributed by atoms with Crippen LogP contribution >= 0.6 is 0 Å². The molecule has 0 amide bonds. The lowest BCUT2D eigenvalue weighted by molar-refractivity contribution is 0.0723. The zero-order chi connectivity index (χ0) is 27.6. The lowest BCUT2D eigenvalue weighted by atomic mass is 9.68. The average molecular weight is 536 g/mol. The number of hydrogen-bond acceptors (Lipinski definition) is 5. The molecule has 39 heavy (non-hydrogen) atoms. The van der Waals surface area contributed by atoms with Gasteiger partial charge in [-0.05, 0) is 79.9 Å². The molecular weight excluding hydrogens is 496 g/mol. The van der Waals surface area contributed by atoms with E-state index in [-0.39, 0.29) is 11.6 Å². The number of aromatic nitrogens is 2. The summed E-state index contributed by atoms with van der Waals surface area (Å²) >= 11 is 0. The summed E-state index contributed by atoms with van der Waals surface area (Å²) in [5, 5.41) is 8.73. The first-order valence-electron chi connectivity index (χ1n) is 14.6. The van der Waals surface area contributed by atoms with Gasteiger partial charge in [-0.1, -0.05) is 64.0 Å². The SMILES string of the molecule is CCCCCCC1CCC(C2CCC(C=Cc3cc(F)c(C(=O)Oc4cnc(C#N)nc4)c(F)c3)CC2)CC1. The molecule has 0 aliphatic heterocycles. The second-order valence-corrected chi connectivity index (χ2v) is 11.3. The first kappa shape index (κ1) is 28.9. The minimum absolute atomic E-state index is 0.104. The minimum atomic E-state index is -1.18. The molecule has 5 nitrogen and oxygen atoms in total. The van der Waals surface area contributed by atoms with E-state index in [0.29, 0.717) is 11.5 Å². The highest BCUT2D eigenvalue weighted by molar-refractivity contribution is 5.91. The summed E-state index contributed by atoms with van der Waals surface area (Å²) in [5.41, 5.74) is -0.393. The van der Waals surface area contributed by atoms with Crippen LogP contribution in [0.25, 0.3) is 6.08 Å². The van der Waals surface area contributed by atoms with E-state index in [1.54, 1.807) is 12.1 Å². The largest absolute Gasteiger partial charge is 0.419 e. The second-order valence-electron chi connectivity index (χ2n) is 11.3. The smallest absolute Gasteiger partial charge is 0.349 e.